The van der Waals surface area contributed by atoms with Crippen molar-refractivity contribution < 1.29 is 14.3 Å². The van der Waals surface area contributed by atoms with E-state index in [0.717, 1.165) is 27.4 Å². The Morgan fingerprint density at radius 3 is 2.43 bits per heavy atom. The van der Waals surface area contributed by atoms with Crippen LogP contribution >= 0.6 is 0 Å². The summed E-state index contributed by atoms with van der Waals surface area (Å²) in [5.74, 6) is 0.669. The van der Waals surface area contributed by atoms with Crippen LogP contribution in [0.15, 0.2) is 36.4 Å². The molecular formula is C19H21NO3. The summed E-state index contributed by atoms with van der Waals surface area (Å²) in [6.45, 7) is 7.60. The van der Waals surface area contributed by atoms with Gasteiger partial charge < -0.3 is 9.47 Å². The van der Waals surface area contributed by atoms with E-state index in [1.807, 2.05) is 58.0 Å². The lowest BCUT2D eigenvalue weighted by molar-refractivity contribution is 0.0551. The third-order valence-electron chi connectivity index (χ3n) is 3.67. The Balaban J connectivity index is 2.40. The van der Waals surface area contributed by atoms with Crippen molar-refractivity contribution in [3.63, 3.8) is 0 Å². The van der Waals surface area contributed by atoms with Crippen molar-refractivity contribution in [1.29, 1.82) is 0 Å². The minimum atomic E-state index is -0.563. The predicted molar refractivity (Wildman–Crippen MR) is 92.4 cm³/mol. The van der Waals surface area contributed by atoms with Crippen molar-refractivity contribution in [2.24, 2.45) is 0 Å². The summed E-state index contributed by atoms with van der Waals surface area (Å²) in [4.78, 5) is 12.8. The maximum absolute atomic E-state index is 12.8. The normalized spacial score (nSPS) is 11.9. The van der Waals surface area contributed by atoms with E-state index in [2.05, 4.69) is 6.07 Å². The third-order valence-corrected chi connectivity index (χ3v) is 3.67. The number of aromatic nitrogens is 1. The van der Waals surface area contributed by atoms with Gasteiger partial charge in [-0.05, 0) is 51.5 Å². The SMILES string of the molecule is COc1cc(C)cc2c3ccccc3n(C(=O)OC(C)(C)C)c12. The van der Waals surface area contributed by atoms with Gasteiger partial charge in [0.2, 0.25) is 0 Å². The minimum absolute atomic E-state index is 0.397. The van der Waals surface area contributed by atoms with Crippen LogP contribution in [0.4, 0.5) is 4.79 Å². The Hall–Kier alpha value is -2.49. The summed E-state index contributed by atoms with van der Waals surface area (Å²) >= 11 is 0. The van der Waals surface area contributed by atoms with Gasteiger partial charge in [-0.15, -0.1) is 0 Å². The summed E-state index contributed by atoms with van der Waals surface area (Å²) in [5, 5.41) is 2.00. The van der Waals surface area contributed by atoms with Crippen LogP contribution in [0.3, 0.4) is 0 Å². The number of hydrogen-bond donors (Lipinski definition) is 0. The van der Waals surface area contributed by atoms with Crippen LogP contribution in [0.5, 0.6) is 5.75 Å². The molecule has 0 atom stereocenters. The number of fused-ring (bicyclic) bond motifs is 3. The van der Waals surface area contributed by atoms with Gasteiger partial charge in [-0.3, -0.25) is 0 Å². The van der Waals surface area contributed by atoms with E-state index in [0.29, 0.717) is 5.75 Å². The summed E-state index contributed by atoms with van der Waals surface area (Å²) < 4.78 is 12.7. The molecule has 0 saturated carbocycles. The summed E-state index contributed by atoms with van der Waals surface area (Å²) in [5.41, 5.74) is 2.09. The molecule has 0 aliphatic heterocycles. The molecule has 0 spiro atoms. The smallest absolute Gasteiger partial charge is 0.419 e. The molecule has 0 fully saturated rings. The van der Waals surface area contributed by atoms with Crippen LogP contribution in [0, 0.1) is 6.92 Å². The molecule has 23 heavy (non-hydrogen) atoms. The van der Waals surface area contributed by atoms with Crippen LogP contribution in [0.2, 0.25) is 0 Å². The van der Waals surface area contributed by atoms with Gasteiger partial charge in [0.1, 0.15) is 16.9 Å². The van der Waals surface area contributed by atoms with Gasteiger partial charge >= 0.3 is 6.09 Å². The van der Waals surface area contributed by atoms with Crippen LogP contribution in [0.1, 0.15) is 26.3 Å². The topological polar surface area (TPSA) is 40.5 Å². The lowest BCUT2D eigenvalue weighted by Crippen LogP contribution is -2.27. The number of ether oxygens (including phenoxy) is 2. The number of para-hydroxylation sites is 1. The van der Waals surface area contributed by atoms with Gasteiger partial charge in [0.05, 0.1) is 12.6 Å². The lowest BCUT2D eigenvalue weighted by Gasteiger charge is -2.20. The van der Waals surface area contributed by atoms with E-state index in [9.17, 15) is 4.79 Å². The molecule has 2 aromatic carbocycles. The average Bonchev–Trinajstić information content (AvgIpc) is 2.79. The summed E-state index contributed by atoms with van der Waals surface area (Å²) in [6.07, 6.45) is -0.397. The third kappa shape index (κ3) is 2.65. The fraction of sp³-hybridized carbons (Fsp3) is 0.316. The monoisotopic (exact) mass is 311 g/mol. The molecule has 0 radical (unpaired) electrons. The Morgan fingerprint density at radius 2 is 1.78 bits per heavy atom. The molecule has 0 saturated heterocycles. The van der Waals surface area contributed by atoms with Gasteiger partial charge in [-0.1, -0.05) is 18.2 Å². The highest BCUT2D eigenvalue weighted by Crippen LogP contribution is 2.36. The first-order valence-electron chi connectivity index (χ1n) is 7.63. The van der Waals surface area contributed by atoms with Crippen LogP contribution < -0.4 is 4.74 Å². The zero-order chi connectivity index (χ0) is 16.8. The number of carbonyl (C=O) groups excluding carboxylic acids is 1. The lowest BCUT2D eigenvalue weighted by atomic mass is 10.1. The molecule has 0 bridgehead atoms. The molecule has 4 heteroatoms. The summed E-state index contributed by atoms with van der Waals surface area (Å²) in [7, 11) is 1.62. The Kier molecular flexibility index (Phi) is 3.55. The standard InChI is InChI=1S/C19H21NO3/c1-12-10-14-13-8-6-7-9-15(13)20(17(14)16(11-12)22-5)18(21)23-19(2,3)4/h6-11H,1-5H3. The van der Waals surface area contributed by atoms with Gasteiger partial charge in [-0.25, -0.2) is 9.36 Å². The highest BCUT2D eigenvalue weighted by Gasteiger charge is 2.24. The molecular weight excluding hydrogens is 290 g/mol. The fourth-order valence-electron chi connectivity index (χ4n) is 2.85. The molecule has 0 aliphatic carbocycles. The molecule has 1 aromatic heterocycles. The van der Waals surface area contributed by atoms with Crippen molar-refractivity contribution in [1.82, 2.24) is 4.57 Å². The molecule has 3 aromatic rings. The van der Waals surface area contributed by atoms with Gasteiger partial charge in [-0.2, -0.15) is 0 Å². The van der Waals surface area contributed by atoms with Crippen LogP contribution in [-0.4, -0.2) is 23.4 Å². The maximum Gasteiger partial charge on any atom is 0.419 e. The van der Waals surface area contributed by atoms with Crippen molar-refractivity contribution in [2.75, 3.05) is 7.11 Å². The van der Waals surface area contributed by atoms with E-state index in [1.54, 1.807) is 11.7 Å². The van der Waals surface area contributed by atoms with Gasteiger partial charge in [0.15, 0.2) is 0 Å². The quantitative estimate of drug-likeness (QED) is 0.642. The van der Waals surface area contributed by atoms with Gasteiger partial charge in [0.25, 0.3) is 0 Å². The molecule has 0 unspecified atom stereocenters. The van der Waals surface area contributed by atoms with Gasteiger partial charge in [0, 0.05) is 10.8 Å². The van der Waals surface area contributed by atoms with E-state index >= 15 is 0 Å². The van der Waals surface area contributed by atoms with Crippen molar-refractivity contribution in [3.05, 3.63) is 42.0 Å². The van der Waals surface area contributed by atoms with Crippen molar-refractivity contribution in [2.45, 2.75) is 33.3 Å². The molecule has 4 nitrogen and oxygen atoms in total. The fourth-order valence-corrected chi connectivity index (χ4v) is 2.85. The number of benzene rings is 2. The first-order valence-corrected chi connectivity index (χ1v) is 7.63. The molecule has 0 N–H and O–H groups in total. The second kappa shape index (κ2) is 5.30. The summed E-state index contributed by atoms with van der Waals surface area (Å²) in [6, 6.07) is 11.8. The number of rotatable bonds is 1. The second-order valence-electron chi connectivity index (χ2n) is 6.70. The van der Waals surface area contributed by atoms with Crippen molar-refractivity contribution >= 4 is 27.9 Å². The Bertz CT molecular complexity index is 900. The Morgan fingerprint density at radius 1 is 1.09 bits per heavy atom. The number of aryl methyl sites for hydroxylation is 1. The highest BCUT2D eigenvalue weighted by atomic mass is 16.6. The predicted octanol–water partition coefficient (Wildman–Crippen LogP) is 4.89. The first kappa shape index (κ1) is 15.4. The molecule has 0 aliphatic rings. The van der Waals surface area contributed by atoms with E-state index in [1.165, 1.54) is 0 Å². The second-order valence-corrected chi connectivity index (χ2v) is 6.70. The minimum Gasteiger partial charge on any atom is -0.495 e. The first-order chi connectivity index (χ1) is 10.8. The van der Waals surface area contributed by atoms with E-state index in [-0.39, 0.29) is 0 Å². The highest BCUT2D eigenvalue weighted by molar-refractivity contribution is 6.14. The molecule has 0 amide bonds. The maximum atomic E-state index is 12.8. The zero-order valence-corrected chi connectivity index (χ0v) is 14.1. The number of methoxy groups -OCH3 is 1. The van der Waals surface area contributed by atoms with E-state index < -0.39 is 11.7 Å². The number of nitrogens with zero attached hydrogens (tertiary/aromatic N) is 1. The molecule has 1 heterocycles. The zero-order valence-electron chi connectivity index (χ0n) is 14.1. The van der Waals surface area contributed by atoms with Crippen LogP contribution in [0.25, 0.3) is 21.8 Å². The number of carbonyl (C=O) groups is 1. The molecule has 3 rings (SSSR count). The van der Waals surface area contributed by atoms with E-state index in [4.69, 9.17) is 9.47 Å². The van der Waals surface area contributed by atoms with Crippen LogP contribution in [-0.2, 0) is 4.74 Å². The number of hydrogen-bond acceptors (Lipinski definition) is 3. The Labute approximate surface area is 135 Å². The van der Waals surface area contributed by atoms with Crippen molar-refractivity contribution in [3.8, 4) is 5.75 Å². The largest absolute Gasteiger partial charge is 0.495 e. The molecule has 120 valence electrons. The average molecular weight is 311 g/mol.